The number of nitriles is 1. The highest BCUT2D eigenvalue weighted by atomic mass is 19.1. The van der Waals surface area contributed by atoms with Gasteiger partial charge in [0.05, 0.1) is 52.1 Å². The number of nitrogens with one attached hydrogen (secondary N) is 2. The van der Waals surface area contributed by atoms with E-state index in [9.17, 15) is 19.1 Å². The summed E-state index contributed by atoms with van der Waals surface area (Å²) in [4.78, 5) is 28.6. The van der Waals surface area contributed by atoms with E-state index in [1.807, 2.05) is 0 Å². The summed E-state index contributed by atoms with van der Waals surface area (Å²) >= 11 is 0. The number of aromatic nitrogens is 3. The Morgan fingerprint density at radius 1 is 1.35 bits per heavy atom. The van der Waals surface area contributed by atoms with Crippen molar-refractivity contribution in [2.75, 3.05) is 11.9 Å². The van der Waals surface area contributed by atoms with Crippen LogP contribution in [0, 0.1) is 11.3 Å². The third-order valence-corrected chi connectivity index (χ3v) is 6.28. The first-order chi connectivity index (χ1) is 17.5. The maximum Gasteiger partial charge on any atom is 0.404 e. The molecule has 3 heterocycles. The first-order valence-corrected chi connectivity index (χ1v) is 11.8. The molecule has 0 aromatic carbocycles. The quantitative estimate of drug-likeness (QED) is 0.359. The van der Waals surface area contributed by atoms with Crippen LogP contribution in [0.3, 0.4) is 0 Å². The lowest BCUT2D eigenvalue weighted by Gasteiger charge is -2.23. The lowest BCUT2D eigenvalue weighted by molar-refractivity contribution is -0.00177. The van der Waals surface area contributed by atoms with Crippen molar-refractivity contribution in [3.63, 3.8) is 0 Å². The van der Waals surface area contributed by atoms with Crippen molar-refractivity contribution in [1.29, 1.82) is 5.26 Å². The molecule has 4 rings (SSSR count). The van der Waals surface area contributed by atoms with Crippen molar-refractivity contribution >= 4 is 23.2 Å². The molecule has 12 heteroatoms. The number of nitrogens with two attached hydrogens (primary N) is 1. The second kappa shape index (κ2) is 10.4. The topological polar surface area (TPSA) is 168 Å². The summed E-state index contributed by atoms with van der Waals surface area (Å²) in [6.45, 7) is 2.27. The van der Waals surface area contributed by atoms with Crippen molar-refractivity contribution in [2.24, 2.45) is 5.73 Å². The summed E-state index contributed by atoms with van der Waals surface area (Å²) in [6, 6.07) is 8.95. The molecule has 11 nitrogen and oxygen atoms in total. The number of alkyl halides is 1. The Kier molecular flexibility index (Phi) is 7.26. The molecule has 0 spiro atoms. The van der Waals surface area contributed by atoms with Gasteiger partial charge in [0.25, 0.3) is 5.91 Å². The van der Waals surface area contributed by atoms with Crippen molar-refractivity contribution < 1.29 is 23.8 Å². The molecule has 0 bridgehead atoms. The summed E-state index contributed by atoms with van der Waals surface area (Å²) in [5.41, 5.74) is 6.45. The maximum atomic E-state index is 14.2. The molecular weight excluding hydrogens is 481 g/mol. The molecule has 1 aliphatic carbocycles. The zero-order chi connectivity index (χ0) is 26.7. The molecule has 0 radical (unpaired) electrons. The van der Waals surface area contributed by atoms with E-state index >= 15 is 0 Å². The van der Waals surface area contributed by atoms with E-state index in [1.54, 1.807) is 28.8 Å². The number of halogens is 1. The number of carbonyl (C=O) groups excluding carboxylic acids is 2. The first kappa shape index (κ1) is 25.8. The van der Waals surface area contributed by atoms with Crippen LogP contribution in [0.25, 0.3) is 16.9 Å². The van der Waals surface area contributed by atoms with Crippen molar-refractivity contribution in [3.05, 3.63) is 47.8 Å². The van der Waals surface area contributed by atoms with Crippen molar-refractivity contribution in [1.82, 2.24) is 19.9 Å². The Morgan fingerprint density at radius 3 is 2.84 bits per heavy atom. The number of carbonyl (C=O) groups is 2. The Hall–Kier alpha value is -4.24. The molecule has 3 atom stereocenters. The van der Waals surface area contributed by atoms with E-state index in [0.717, 1.165) is 0 Å². The standard InChI is InChI=1S/C25H28FN7O4/c1-25(2,36)22(26)13-30-23(34)18-12-29-20(21-6-4-16-7-14(10-27)11-31-33(16)21)9-19(18)32-15-3-5-17(8-15)37-24(28)35/h4,6-7,9,11-12,15,17,22,36H,3,5,8,13H2,1-2H3,(H2,28,35)(H,29,32)(H,30,34)/t15-,17-,22+/m0/s1. The van der Waals surface area contributed by atoms with Gasteiger partial charge in [-0.2, -0.15) is 10.4 Å². The monoisotopic (exact) mass is 509 g/mol. The summed E-state index contributed by atoms with van der Waals surface area (Å²) < 4.78 is 21.0. The van der Waals surface area contributed by atoms with Gasteiger partial charge in [-0.3, -0.25) is 9.78 Å². The molecule has 3 aromatic heterocycles. The third kappa shape index (κ3) is 5.95. The molecule has 2 amide bonds. The van der Waals surface area contributed by atoms with Gasteiger partial charge in [0.2, 0.25) is 0 Å². The molecule has 0 unspecified atom stereocenters. The van der Waals surface area contributed by atoms with Gasteiger partial charge in [0.1, 0.15) is 18.3 Å². The van der Waals surface area contributed by atoms with E-state index in [1.165, 1.54) is 26.2 Å². The lowest BCUT2D eigenvalue weighted by Crippen LogP contribution is -2.42. The predicted octanol–water partition coefficient (Wildman–Crippen LogP) is 2.54. The number of aliphatic hydroxyl groups is 1. The number of pyridine rings is 1. The van der Waals surface area contributed by atoms with Gasteiger partial charge in [-0.1, -0.05) is 0 Å². The van der Waals surface area contributed by atoms with Gasteiger partial charge in [-0.25, -0.2) is 13.7 Å². The van der Waals surface area contributed by atoms with Crippen LogP contribution >= 0.6 is 0 Å². The highest BCUT2D eigenvalue weighted by Crippen LogP contribution is 2.30. The average Bonchev–Trinajstić information content (AvgIpc) is 3.47. The fraction of sp³-hybridized carbons (Fsp3) is 0.400. The van der Waals surface area contributed by atoms with Crippen LogP contribution in [0.15, 0.2) is 36.7 Å². The second-order valence-electron chi connectivity index (χ2n) is 9.57. The zero-order valence-corrected chi connectivity index (χ0v) is 20.4. The van der Waals surface area contributed by atoms with Crippen LogP contribution in [-0.4, -0.2) is 62.2 Å². The summed E-state index contributed by atoms with van der Waals surface area (Å²) in [5.74, 6) is -0.562. The van der Waals surface area contributed by atoms with Crippen molar-refractivity contribution in [2.45, 2.75) is 57.0 Å². The number of nitrogens with zero attached hydrogens (tertiary/aromatic N) is 4. The molecule has 5 N–H and O–H groups in total. The van der Waals surface area contributed by atoms with Crippen LogP contribution < -0.4 is 16.4 Å². The first-order valence-electron chi connectivity index (χ1n) is 11.8. The minimum atomic E-state index is -1.67. The van der Waals surface area contributed by atoms with Crippen LogP contribution in [0.4, 0.5) is 14.9 Å². The number of hydrogen-bond acceptors (Lipinski definition) is 8. The largest absolute Gasteiger partial charge is 0.446 e. The number of ether oxygens (including phenoxy) is 1. The van der Waals surface area contributed by atoms with E-state index < -0.39 is 23.8 Å². The van der Waals surface area contributed by atoms with Gasteiger partial charge in [0.15, 0.2) is 0 Å². The molecule has 0 aliphatic heterocycles. The maximum absolute atomic E-state index is 14.2. The smallest absolute Gasteiger partial charge is 0.404 e. The molecule has 37 heavy (non-hydrogen) atoms. The number of fused-ring (bicyclic) bond motifs is 1. The van der Waals surface area contributed by atoms with Gasteiger partial charge in [-0.15, -0.1) is 0 Å². The summed E-state index contributed by atoms with van der Waals surface area (Å²) in [6.07, 6.45) is 1.79. The average molecular weight is 510 g/mol. The van der Waals surface area contributed by atoms with Crippen molar-refractivity contribution in [3.8, 4) is 17.5 Å². The summed E-state index contributed by atoms with van der Waals surface area (Å²) in [5, 5.41) is 29.1. The van der Waals surface area contributed by atoms with Crippen LogP contribution in [0.1, 0.15) is 49.0 Å². The van der Waals surface area contributed by atoms with E-state index in [-0.39, 0.29) is 24.3 Å². The molecule has 0 saturated heterocycles. The number of amides is 2. The SMILES string of the molecule is CC(C)(O)[C@H](F)CNC(=O)c1cnc(-c2ccc3cc(C#N)cnn23)cc1N[C@H]1CC[C@H](OC(N)=O)C1. The van der Waals surface area contributed by atoms with Crippen LogP contribution in [-0.2, 0) is 4.74 Å². The Labute approximate surface area is 212 Å². The normalized spacial score (nSPS) is 18.2. The summed E-state index contributed by atoms with van der Waals surface area (Å²) in [7, 11) is 0. The predicted molar refractivity (Wildman–Crippen MR) is 132 cm³/mol. The molecule has 1 saturated carbocycles. The minimum absolute atomic E-state index is 0.114. The van der Waals surface area contributed by atoms with Gasteiger partial charge in [-0.05, 0) is 51.0 Å². The molecular formula is C25H28FN7O4. The number of rotatable bonds is 8. The van der Waals surface area contributed by atoms with E-state index in [0.29, 0.717) is 47.4 Å². The Morgan fingerprint density at radius 2 is 2.14 bits per heavy atom. The molecule has 1 fully saturated rings. The van der Waals surface area contributed by atoms with E-state index in [2.05, 4.69) is 26.8 Å². The molecule has 3 aromatic rings. The van der Waals surface area contributed by atoms with Crippen LogP contribution in [0.5, 0.6) is 0 Å². The molecule has 1 aliphatic rings. The number of hydrogen-bond donors (Lipinski definition) is 4. The third-order valence-electron chi connectivity index (χ3n) is 6.28. The lowest BCUT2D eigenvalue weighted by atomic mass is 10.0. The zero-order valence-electron chi connectivity index (χ0n) is 20.4. The fourth-order valence-corrected chi connectivity index (χ4v) is 4.24. The van der Waals surface area contributed by atoms with Gasteiger partial charge >= 0.3 is 6.09 Å². The fourth-order valence-electron chi connectivity index (χ4n) is 4.24. The second-order valence-corrected chi connectivity index (χ2v) is 9.57. The molecule has 194 valence electrons. The Bertz CT molecular complexity index is 1360. The van der Waals surface area contributed by atoms with E-state index in [4.69, 9.17) is 15.7 Å². The van der Waals surface area contributed by atoms with Gasteiger partial charge in [0, 0.05) is 18.7 Å². The minimum Gasteiger partial charge on any atom is -0.446 e. The number of anilines is 1. The highest BCUT2D eigenvalue weighted by molar-refractivity contribution is 6.00. The van der Waals surface area contributed by atoms with Gasteiger partial charge < -0.3 is 26.2 Å². The highest BCUT2D eigenvalue weighted by Gasteiger charge is 2.30. The number of primary amides is 1. The van der Waals surface area contributed by atoms with Crippen LogP contribution in [0.2, 0.25) is 0 Å². The Balaban J connectivity index is 1.63.